The van der Waals surface area contributed by atoms with E-state index in [2.05, 4.69) is 59.9 Å². The number of fused-ring (bicyclic) bond motifs is 1. The predicted molar refractivity (Wildman–Crippen MR) is 68.1 cm³/mol. The minimum atomic E-state index is 0.179. The molecule has 0 saturated heterocycles. The number of aromatic nitrogens is 1. The van der Waals surface area contributed by atoms with Crippen molar-refractivity contribution in [3.8, 4) is 0 Å². The molecule has 1 aromatic heterocycles. The van der Waals surface area contributed by atoms with E-state index in [1.54, 1.807) is 0 Å². The first-order valence-corrected chi connectivity index (χ1v) is 5.82. The Morgan fingerprint density at radius 1 is 1.13 bits per heavy atom. The van der Waals surface area contributed by atoms with Crippen LogP contribution in [-0.2, 0) is 5.41 Å². The lowest BCUT2D eigenvalue weighted by atomic mass is 9.86. The number of nitrogens with zero attached hydrogens (tertiary/aromatic N) is 1. The zero-order valence-electron chi connectivity index (χ0n) is 9.21. The Morgan fingerprint density at radius 3 is 2.53 bits per heavy atom. The Balaban J connectivity index is 2.68. The molecule has 0 atom stereocenters. The molecule has 0 radical (unpaired) electrons. The summed E-state index contributed by atoms with van der Waals surface area (Å²) in [4.78, 5) is 4.39. The molecule has 0 saturated carbocycles. The molecular weight excluding hydrogens is 250 g/mol. The van der Waals surface area contributed by atoms with E-state index in [1.807, 2.05) is 12.3 Å². The van der Waals surface area contributed by atoms with Crippen LogP contribution in [0.1, 0.15) is 26.3 Å². The molecule has 0 unspecified atom stereocenters. The summed E-state index contributed by atoms with van der Waals surface area (Å²) < 4.78 is 1.10. The van der Waals surface area contributed by atoms with Crippen LogP contribution in [0.5, 0.6) is 0 Å². The first-order chi connectivity index (χ1) is 6.98. The van der Waals surface area contributed by atoms with Gasteiger partial charge in [0, 0.05) is 16.1 Å². The number of hydrogen-bond donors (Lipinski definition) is 0. The van der Waals surface area contributed by atoms with Gasteiger partial charge in [-0.05, 0) is 23.1 Å². The Bertz CT molecular complexity index is 497. The van der Waals surface area contributed by atoms with Crippen LogP contribution in [-0.4, -0.2) is 4.98 Å². The predicted octanol–water partition coefficient (Wildman–Crippen LogP) is 4.29. The van der Waals surface area contributed by atoms with Gasteiger partial charge in [-0.25, -0.2) is 0 Å². The molecule has 2 rings (SSSR count). The molecule has 0 aliphatic carbocycles. The lowest BCUT2D eigenvalue weighted by Gasteiger charge is -2.19. The summed E-state index contributed by atoms with van der Waals surface area (Å²) in [5.74, 6) is 0. The van der Waals surface area contributed by atoms with Crippen LogP contribution in [0.2, 0.25) is 0 Å². The van der Waals surface area contributed by atoms with Gasteiger partial charge >= 0.3 is 0 Å². The van der Waals surface area contributed by atoms with Crippen LogP contribution in [0.15, 0.2) is 34.9 Å². The molecule has 0 amide bonds. The monoisotopic (exact) mass is 263 g/mol. The largest absolute Gasteiger partial charge is 0.256 e. The summed E-state index contributed by atoms with van der Waals surface area (Å²) in [6.07, 6.45) is 1.83. The second-order valence-electron chi connectivity index (χ2n) is 4.77. The molecule has 0 aliphatic heterocycles. The highest BCUT2D eigenvalue weighted by Crippen LogP contribution is 2.28. The smallest absolute Gasteiger partial charge is 0.0716 e. The number of benzene rings is 1. The van der Waals surface area contributed by atoms with Crippen LogP contribution in [0.25, 0.3) is 10.9 Å². The first-order valence-electron chi connectivity index (χ1n) is 5.03. The van der Waals surface area contributed by atoms with E-state index in [9.17, 15) is 0 Å². The Labute approximate surface area is 98.7 Å². The van der Waals surface area contributed by atoms with E-state index in [4.69, 9.17) is 0 Å². The van der Waals surface area contributed by atoms with Gasteiger partial charge in [-0.15, -0.1) is 0 Å². The van der Waals surface area contributed by atoms with Crippen molar-refractivity contribution in [2.75, 3.05) is 0 Å². The van der Waals surface area contributed by atoms with E-state index in [1.165, 1.54) is 10.9 Å². The van der Waals surface area contributed by atoms with E-state index >= 15 is 0 Å². The van der Waals surface area contributed by atoms with Crippen LogP contribution >= 0.6 is 15.9 Å². The molecule has 1 aromatic carbocycles. The molecule has 0 bridgehead atoms. The zero-order chi connectivity index (χ0) is 11.1. The van der Waals surface area contributed by atoms with Crippen LogP contribution in [0, 0.1) is 0 Å². The number of rotatable bonds is 0. The lowest BCUT2D eigenvalue weighted by Crippen LogP contribution is -2.10. The van der Waals surface area contributed by atoms with Gasteiger partial charge < -0.3 is 0 Å². The maximum atomic E-state index is 4.39. The normalized spacial score (nSPS) is 12.0. The van der Waals surface area contributed by atoms with Crippen molar-refractivity contribution in [3.63, 3.8) is 0 Å². The van der Waals surface area contributed by atoms with E-state index < -0.39 is 0 Å². The van der Waals surface area contributed by atoms with Crippen LogP contribution in [0.4, 0.5) is 0 Å². The SMILES string of the molecule is CC(C)(C)c1ccc2c(Br)ccnc2c1. The van der Waals surface area contributed by atoms with Crippen molar-refractivity contribution in [1.29, 1.82) is 0 Å². The molecule has 78 valence electrons. The summed E-state index contributed by atoms with van der Waals surface area (Å²) in [6, 6.07) is 8.45. The van der Waals surface area contributed by atoms with E-state index in [0.29, 0.717) is 0 Å². The highest BCUT2D eigenvalue weighted by molar-refractivity contribution is 9.10. The molecule has 2 aromatic rings. The Kier molecular flexibility index (Phi) is 2.55. The minimum Gasteiger partial charge on any atom is -0.256 e. The molecule has 0 fully saturated rings. The summed E-state index contributed by atoms with van der Waals surface area (Å²) >= 11 is 3.53. The molecule has 1 heterocycles. The third kappa shape index (κ3) is 2.05. The third-order valence-corrected chi connectivity index (χ3v) is 3.25. The number of pyridine rings is 1. The summed E-state index contributed by atoms with van der Waals surface area (Å²) in [6.45, 7) is 6.64. The fourth-order valence-corrected chi connectivity index (χ4v) is 2.03. The van der Waals surface area contributed by atoms with Gasteiger partial charge in [0.05, 0.1) is 5.52 Å². The van der Waals surface area contributed by atoms with Crippen molar-refractivity contribution >= 4 is 26.8 Å². The third-order valence-electron chi connectivity index (χ3n) is 2.56. The highest BCUT2D eigenvalue weighted by atomic mass is 79.9. The molecule has 0 spiro atoms. The Morgan fingerprint density at radius 2 is 1.87 bits per heavy atom. The molecule has 2 heteroatoms. The van der Waals surface area contributed by atoms with Crippen molar-refractivity contribution < 1.29 is 0 Å². The van der Waals surface area contributed by atoms with Crippen LogP contribution in [0.3, 0.4) is 0 Å². The van der Waals surface area contributed by atoms with E-state index in [-0.39, 0.29) is 5.41 Å². The van der Waals surface area contributed by atoms with Gasteiger partial charge in [0.25, 0.3) is 0 Å². The van der Waals surface area contributed by atoms with Crippen LogP contribution < -0.4 is 0 Å². The molecule has 1 nitrogen and oxygen atoms in total. The lowest BCUT2D eigenvalue weighted by molar-refractivity contribution is 0.591. The maximum Gasteiger partial charge on any atom is 0.0716 e. The molecule has 15 heavy (non-hydrogen) atoms. The Hall–Kier alpha value is -0.890. The van der Waals surface area contributed by atoms with Crippen molar-refractivity contribution in [3.05, 3.63) is 40.5 Å². The second kappa shape index (κ2) is 3.60. The summed E-state index contributed by atoms with van der Waals surface area (Å²) in [7, 11) is 0. The van der Waals surface area contributed by atoms with Crippen molar-refractivity contribution in [2.24, 2.45) is 0 Å². The zero-order valence-corrected chi connectivity index (χ0v) is 10.8. The quantitative estimate of drug-likeness (QED) is 0.691. The average Bonchev–Trinajstić information content (AvgIpc) is 2.16. The van der Waals surface area contributed by atoms with Crippen molar-refractivity contribution in [2.45, 2.75) is 26.2 Å². The first kappa shape index (κ1) is 10.6. The molecule has 0 N–H and O–H groups in total. The van der Waals surface area contributed by atoms with Gasteiger partial charge in [0.1, 0.15) is 0 Å². The van der Waals surface area contributed by atoms with Gasteiger partial charge in [0.2, 0.25) is 0 Å². The van der Waals surface area contributed by atoms with Gasteiger partial charge in [0.15, 0.2) is 0 Å². The summed E-state index contributed by atoms with van der Waals surface area (Å²) in [5.41, 5.74) is 2.55. The fraction of sp³-hybridized carbons (Fsp3) is 0.308. The van der Waals surface area contributed by atoms with Crippen molar-refractivity contribution in [1.82, 2.24) is 4.98 Å². The summed E-state index contributed by atoms with van der Waals surface area (Å²) in [5, 5.41) is 1.17. The second-order valence-corrected chi connectivity index (χ2v) is 5.63. The number of halogens is 1. The topological polar surface area (TPSA) is 12.9 Å². The van der Waals surface area contributed by atoms with Gasteiger partial charge in [-0.2, -0.15) is 0 Å². The molecule has 0 aliphatic rings. The standard InChI is InChI=1S/C13H14BrN/c1-13(2,3)9-4-5-10-11(14)6-7-15-12(10)8-9/h4-8H,1-3H3. The molecular formula is C13H14BrN. The van der Waals surface area contributed by atoms with Gasteiger partial charge in [-0.1, -0.05) is 48.8 Å². The maximum absolute atomic E-state index is 4.39. The fourth-order valence-electron chi connectivity index (χ4n) is 1.58. The van der Waals surface area contributed by atoms with E-state index in [0.717, 1.165) is 9.99 Å². The van der Waals surface area contributed by atoms with Gasteiger partial charge in [-0.3, -0.25) is 4.98 Å². The minimum absolute atomic E-state index is 0.179. The number of hydrogen-bond acceptors (Lipinski definition) is 1. The highest BCUT2D eigenvalue weighted by Gasteiger charge is 2.14. The average molecular weight is 264 g/mol.